The van der Waals surface area contributed by atoms with Gasteiger partial charge in [-0.1, -0.05) is 25.7 Å². The molecule has 1 fully saturated rings. The van der Waals surface area contributed by atoms with Gasteiger partial charge in [0.25, 0.3) is 0 Å². The molecular formula is C13H20BrNS. The van der Waals surface area contributed by atoms with E-state index in [0.717, 1.165) is 12.3 Å². The molecule has 1 aromatic rings. The first kappa shape index (κ1) is 12.6. The summed E-state index contributed by atoms with van der Waals surface area (Å²) < 4.78 is 1.24. The molecule has 1 saturated carbocycles. The molecule has 0 aliphatic heterocycles. The smallest absolute Gasteiger partial charge is 0.0314 e. The molecule has 3 heteroatoms. The third-order valence-corrected chi connectivity index (χ3v) is 5.57. The lowest BCUT2D eigenvalue weighted by molar-refractivity contribution is 0.373. The minimum atomic E-state index is 0.355. The second-order valence-electron chi connectivity index (χ2n) is 4.81. The highest BCUT2D eigenvalue weighted by atomic mass is 79.9. The van der Waals surface area contributed by atoms with Crippen molar-refractivity contribution in [1.29, 1.82) is 0 Å². The van der Waals surface area contributed by atoms with Gasteiger partial charge in [-0.2, -0.15) is 0 Å². The van der Waals surface area contributed by atoms with Gasteiger partial charge in [0, 0.05) is 15.4 Å². The Balaban J connectivity index is 1.91. The lowest BCUT2D eigenvalue weighted by Gasteiger charge is -2.21. The van der Waals surface area contributed by atoms with Crippen LogP contribution in [-0.2, 0) is 6.42 Å². The van der Waals surface area contributed by atoms with Crippen molar-refractivity contribution in [2.45, 2.75) is 51.0 Å². The maximum absolute atomic E-state index is 6.36. The fourth-order valence-corrected chi connectivity index (χ4v) is 4.18. The van der Waals surface area contributed by atoms with Crippen LogP contribution in [0.1, 0.15) is 43.4 Å². The van der Waals surface area contributed by atoms with E-state index in [-0.39, 0.29) is 0 Å². The standard InChI is InChI=1S/C13H20BrNS/c14-11-7-8-16-13(11)9-12(15)10-5-3-1-2-4-6-10/h7-8,10,12H,1-6,9,15H2. The van der Waals surface area contributed by atoms with E-state index in [1.165, 1.54) is 47.9 Å². The molecule has 1 unspecified atom stereocenters. The number of thiophene rings is 1. The second kappa shape index (κ2) is 6.18. The fourth-order valence-electron chi connectivity index (χ4n) is 2.59. The van der Waals surface area contributed by atoms with Gasteiger partial charge < -0.3 is 5.73 Å². The summed E-state index contributed by atoms with van der Waals surface area (Å²) in [4.78, 5) is 1.41. The maximum Gasteiger partial charge on any atom is 0.0314 e. The van der Waals surface area contributed by atoms with E-state index in [1.807, 2.05) is 11.3 Å². The van der Waals surface area contributed by atoms with Crippen molar-refractivity contribution in [3.05, 3.63) is 20.8 Å². The topological polar surface area (TPSA) is 26.0 Å². The molecule has 1 atom stereocenters. The zero-order valence-corrected chi connectivity index (χ0v) is 12.0. The van der Waals surface area contributed by atoms with E-state index in [2.05, 4.69) is 27.4 Å². The largest absolute Gasteiger partial charge is 0.327 e. The minimum absolute atomic E-state index is 0.355. The maximum atomic E-state index is 6.36. The summed E-state index contributed by atoms with van der Waals surface area (Å²) in [6.07, 6.45) is 9.29. The van der Waals surface area contributed by atoms with E-state index in [0.29, 0.717) is 6.04 Å². The van der Waals surface area contributed by atoms with Crippen molar-refractivity contribution >= 4 is 27.3 Å². The molecule has 1 aromatic heterocycles. The molecule has 1 nitrogen and oxygen atoms in total. The van der Waals surface area contributed by atoms with Crippen molar-refractivity contribution < 1.29 is 0 Å². The molecule has 0 bridgehead atoms. The van der Waals surface area contributed by atoms with Crippen molar-refractivity contribution in [3.8, 4) is 0 Å². The van der Waals surface area contributed by atoms with Gasteiger partial charge in [-0.05, 0) is 52.6 Å². The Bertz CT molecular complexity index is 315. The molecule has 0 saturated heterocycles. The molecule has 1 aliphatic carbocycles. The van der Waals surface area contributed by atoms with Crippen LogP contribution in [0.15, 0.2) is 15.9 Å². The third kappa shape index (κ3) is 3.31. The first-order valence-corrected chi connectivity index (χ1v) is 7.92. The Labute approximate surface area is 111 Å². The predicted octanol–water partition coefficient (Wildman–Crippen LogP) is 4.35. The first-order chi connectivity index (χ1) is 7.77. The minimum Gasteiger partial charge on any atom is -0.327 e. The third-order valence-electron chi connectivity index (χ3n) is 3.62. The summed E-state index contributed by atoms with van der Waals surface area (Å²) >= 11 is 5.41. The van der Waals surface area contributed by atoms with Crippen molar-refractivity contribution in [3.63, 3.8) is 0 Å². The van der Waals surface area contributed by atoms with E-state index < -0.39 is 0 Å². The molecule has 0 radical (unpaired) electrons. The average molecular weight is 302 g/mol. The van der Waals surface area contributed by atoms with Gasteiger partial charge in [-0.25, -0.2) is 0 Å². The highest BCUT2D eigenvalue weighted by Gasteiger charge is 2.20. The average Bonchev–Trinajstić information content (AvgIpc) is 2.57. The van der Waals surface area contributed by atoms with Crippen LogP contribution in [0.3, 0.4) is 0 Å². The van der Waals surface area contributed by atoms with Crippen molar-refractivity contribution in [2.75, 3.05) is 0 Å². The Kier molecular flexibility index (Phi) is 4.86. The Morgan fingerprint density at radius 1 is 1.31 bits per heavy atom. The molecule has 0 spiro atoms. The summed E-state index contributed by atoms with van der Waals surface area (Å²) in [7, 11) is 0. The molecule has 1 aliphatic rings. The molecular weight excluding hydrogens is 282 g/mol. The number of hydrogen-bond acceptors (Lipinski definition) is 2. The van der Waals surface area contributed by atoms with E-state index in [9.17, 15) is 0 Å². The quantitative estimate of drug-likeness (QED) is 0.825. The van der Waals surface area contributed by atoms with Crippen LogP contribution in [0.2, 0.25) is 0 Å². The normalized spacial score (nSPS) is 20.6. The summed E-state index contributed by atoms with van der Waals surface area (Å²) in [5.74, 6) is 0.747. The van der Waals surface area contributed by atoms with Gasteiger partial charge in [-0.15, -0.1) is 11.3 Å². The van der Waals surface area contributed by atoms with E-state index in [4.69, 9.17) is 5.73 Å². The van der Waals surface area contributed by atoms with Crippen LogP contribution in [0.25, 0.3) is 0 Å². The first-order valence-electron chi connectivity index (χ1n) is 6.25. The fraction of sp³-hybridized carbons (Fsp3) is 0.692. The number of rotatable bonds is 3. The molecule has 16 heavy (non-hydrogen) atoms. The van der Waals surface area contributed by atoms with Gasteiger partial charge in [-0.3, -0.25) is 0 Å². The summed E-state index contributed by atoms with van der Waals surface area (Å²) in [6.45, 7) is 0. The highest BCUT2D eigenvalue weighted by Crippen LogP contribution is 2.29. The van der Waals surface area contributed by atoms with Crippen LogP contribution in [0.4, 0.5) is 0 Å². The van der Waals surface area contributed by atoms with Crippen LogP contribution in [0, 0.1) is 5.92 Å². The second-order valence-corrected chi connectivity index (χ2v) is 6.67. The van der Waals surface area contributed by atoms with Gasteiger partial charge in [0.05, 0.1) is 0 Å². The molecule has 0 aromatic carbocycles. The lowest BCUT2D eigenvalue weighted by Crippen LogP contribution is -2.31. The zero-order valence-electron chi connectivity index (χ0n) is 9.62. The summed E-state index contributed by atoms with van der Waals surface area (Å²) in [5.41, 5.74) is 6.36. The lowest BCUT2D eigenvalue weighted by atomic mass is 9.90. The van der Waals surface area contributed by atoms with Gasteiger partial charge >= 0.3 is 0 Å². The van der Waals surface area contributed by atoms with Gasteiger partial charge in [0.2, 0.25) is 0 Å². The van der Waals surface area contributed by atoms with Crippen LogP contribution >= 0.6 is 27.3 Å². The molecule has 1 heterocycles. The molecule has 2 rings (SSSR count). The monoisotopic (exact) mass is 301 g/mol. The Morgan fingerprint density at radius 2 is 2.00 bits per heavy atom. The van der Waals surface area contributed by atoms with Crippen LogP contribution < -0.4 is 5.73 Å². The molecule has 0 amide bonds. The Morgan fingerprint density at radius 3 is 2.56 bits per heavy atom. The number of nitrogens with two attached hydrogens (primary N) is 1. The highest BCUT2D eigenvalue weighted by molar-refractivity contribution is 9.10. The molecule has 90 valence electrons. The van der Waals surface area contributed by atoms with Gasteiger partial charge in [0.15, 0.2) is 0 Å². The van der Waals surface area contributed by atoms with E-state index >= 15 is 0 Å². The van der Waals surface area contributed by atoms with E-state index in [1.54, 1.807) is 0 Å². The number of halogens is 1. The zero-order chi connectivity index (χ0) is 11.4. The van der Waals surface area contributed by atoms with Crippen LogP contribution in [-0.4, -0.2) is 6.04 Å². The number of hydrogen-bond donors (Lipinski definition) is 1. The van der Waals surface area contributed by atoms with Crippen LogP contribution in [0.5, 0.6) is 0 Å². The van der Waals surface area contributed by atoms with Gasteiger partial charge in [0.1, 0.15) is 0 Å². The van der Waals surface area contributed by atoms with Crippen molar-refractivity contribution in [1.82, 2.24) is 0 Å². The SMILES string of the molecule is NC(Cc1sccc1Br)C1CCCCCC1. The van der Waals surface area contributed by atoms with Crippen molar-refractivity contribution in [2.24, 2.45) is 11.7 Å². The molecule has 2 N–H and O–H groups in total. The summed E-state index contributed by atoms with van der Waals surface area (Å²) in [5, 5.41) is 2.14. The summed E-state index contributed by atoms with van der Waals surface area (Å²) in [6, 6.07) is 2.48. The predicted molar refractivity (Wildman–Crippen MR) is 74.9 cm³/mol. The Hall–Kier alpha value is 0.140.